The lowest BCUT2D eigenvalue weighted by Crippen LogP contribution is -2.54. The summed E-state index contributed by atoms with van der Waals surface area (Å²) in [7, 11) is 0. The minimum Gasteiger partial charge on any atom is -0.457 e. The molecule has 6 amide bonds. The molecule has 6 heterocycles. The van der Waals surface area contributed by atoms with Gasteiger partial charge in [-0.15, -0.1) is 0 Å². The Morgan fingerprint density at radius 3 is 2.16 bits per heavy atom. The van der Waals surface area contributed by atoms with Gasteiger partial charge in [-0.3, -0.25) is 29.4 Å². The molecule has 9 rings (SSSR count). The number of hydrogen-bond acceptors (Lipinski definition) is 10. The first-order valence-electron chi connectivity index (χ1n) is 18.9. The number of ether oxygens (including phenoxy) is 1. The number of rotatable bonds is 6. The van der Waals surface area contributed by atoms with Gasteiger partial charge in [0.25, 0.3) is 11.8 Å². The van der Waals surface area contributed by atoms with Crippen molar-refractivity contribution in [2.24, 2.45) is 0 Å². The highest BCUT2D eigenvalue weighted by Crippen LogP contribution is 2.37. The number of para-hydroxylation sites is 1. The van der Waals surface area contributed by atoms with E-state index < -0.39 is 29.7 Å². The maximum Gasteiger partial charge on any atom is 0.320 e. The summed E-state index contributed by atoms with van der Waals surface area (Å²) in [4.78, 5) is 78.0. The van der Waals surface area contributed by atoms with E-state index in [4.69, 9.17) is 15.6 Å². The number of likely N-dealkylation sites (tertiary alicyclic amines) is 2. The Kier molecular flexibility index (Phi) is 8.90. The Hall–Kier alpha value is -6.64. The molecule has 3 aromatic carbocycles. The zero-order valence-electron chi connectivity index (χ0n) is 30.5. The highest BCUT2D eigenvalue weighted by atomic mass is 16.5. The Bertz CT molecular complexity index is 2380. The van der Waals surface area contributed by atoms with Gasteiger partial charge in [0, 0.05) is 38.2 Å². The molecule has 284 valence electrons. The first kappa shape index (κ1) is 35.1. The number of piperidine rings is 3. The van der Waals surface area contributed by atoms with E-state index in [2.05, 4.69) is 15.3 Å². The highest BCUT2D eigenvalue weighted by Gasteiger charge is 2.45. The number of nitrogens with two attached hydrogens (primary N) is 1. The predicted octanol–water partition coefficient (Wildman–Crippen LogP) is 4.91. The summed E-state index contributed by atoms with van der Waals surface area (Å²) < 4.78 is 7.91. The quantitative estimate of drug-likeness (QED) is 0.226. The second-order valence-corrected chi connectivity index (χ2v) is 14.7. The van der Waals surface area contributed by atoms with E-state index in [1.54, 1.807) is 12.1 Å². The summed E-state index contributed by atoms with van der Waals surface area (Å²) in [5.41, 5.74) is 10.1. The number of hydrogen-bond donors (Lipinski definition) is 2. The molecule has 0 radical (unpaired) electrons. The molecule has 15 nitrogen and oxygen atoms in total. The zero-order valence-corrected chi connectivity index (χ0v) is 30.5. The molecule has 0 aliphatic carbocycles. The third-order valence-electron chi connectivity index (χ3n) is 11.4. The van der Waals surface area contributed by atoms with Gasteiger partial charge in [0.05, 0.1) is 22.6 Å². The van der Waals surface area contributed by atoms with Crippen LogP contribution in [0.3, 0.4) is 0 Å². The monoisotopic (exact) mass is 753 g/mol. The van der Waals surface area contributed by atoms with Crippen LogP contribution < -0.4 is 15.8 Å². The van der Waals surface area contributed by atoms with E-state index >= 15 is 0 Å². The summed E-state index contributed by atoms with van der Waals surface area (Å²) >= 11 is 0. The molecule has 4 aliphatic heterocycles. The van der Waals surface area contributed by atoms with Crippen molar-refractivity contribution in [3.63, 3.8) is 0 Å². The molecule has 3 saturated heterocycles. The lowest BCUT2D eigenvalue weighted by molar-refractivity contribution is -0.136. The number of anilines is 1. The van der Waals surface area contributed by atoms with Crippen molar-refractivity contribution in [3.05, 3.63) is 95.8 Å². The molecule has 3 N–H and O–H groups in total. The summed E-state index contributed by atoms with van der Waals surface area (Å²) in [6, 6.07) is 21.6. The van der Waals surface area contributed by atoms with Gasteiger partial charge in [-0.2, -0.15) is 5.10 Å². The lowest BCUT2D eigenvalue weighted by atomic mass is 9.88. The van der Waals surface area contributed by atoms with E-state index in [0.717, 1.165) is 21.8 Å². The summed E-state index contributed by atoms with van der Waals surface area (Å²) in [6.07, 6.45) is 4.45. The molecule has 0 spiro atoms. The van der Waals surface area contributed by atoms with Crippen LogP contribution >= 0.6 is 0 Å². The lowest BCUT2D eigenvalue weighted by Gasteiger charge is -2.38. The molecule has 0 saturated carbocycles. The van der Waals surface area contributed by atoms with Crippen LogP contribution in [0.5, 0.6) is 11.5 Å². The van der Waals surface area contributed by atoms with Gasteiger partial charge < -0.3 is 20.3 Å². The Labute approximate surface area is 321 Å². The molecule has 4 aliphatic rings. The molecule has 5 aromatic rings. The smallest absolute Gasteiger partial charge is 0.320 e. The fourth-order valence-corrected chi connectivity index (χ4v) is 8.41. The van der Waals surface area contributed by atoms with E-state index in [1.807, 2.05) is 75.1 Å². The van der Waals surface area contributed by atoms with E-state index in [1.165, 1.54) is 6.33 Å². The van der Waals surface area contributed by atoms with Crippen LogP contribution in [0.1, 0.15) is 76.8 Å². The minimum absolute atomic E-state index is 0.00639. The average Bonchev–Trinajstić information content (AvgIpc) is 3.73. The molecule has 3 fully saturated rings. The third-order valence-corrected chi connectivity index (χ3v) is 11.4. The van der Waals surface area contributed by atoms with Crippen LogP contribution in [0.15, 0.2) is 79.1 Å². The second-order valence-electron chi connectivity index (χ2n) is 14.7. The predicted molar refractivity (Wildman–Crippen MR) is 204 cm³/mol. The van der Waals surface area contributed by atoms with Crippen LogP contribution in [0.4, 0.5) is 10.6 Å². The van der Waals surface area contributed by atoms with Crippen molar-refractivity contribution < 1.29 is 28.7 Å². The third kappa shape index (κ3) is 6.28. The van der Waals surface area contributed by atoms with E-state index in [0.29, 0.717) is 80.2 Å². The van der Waals surface area contributed by atoms with Gasteiger partial charge in [0.2, 0.25) is 11.8 Å². The first-order chi connectivity index (χ1) is 27.2. The topological polar surface area (TPSA) is 186 Å². The molecule has 15 heteroatoms. The number of benzene rings is 3. The summed E-state index contributed by atoms with van der Waals surface area (Å²) in [6.45, 7) is 2.26. The Morgan fingerprint density at radius 2 is 1.45 bits per heavy atom. The number of nitrogens with one attached hydrogen (secondary N) is 1. The largest absolute Gasteiger partial charge is 0.457 e. The normalized spacial score (nSPS) is 19.4. The number of urea groups is 1. The Morgan fingerprint density at radius 1 is 0.768 bits per heavy atom. The van der Waals surface area contributed by atoms with Gasteiger partial charge in [0.15, 0.2) is 5.65 Å². The van der Waals surface area contributed by atoms with Gasteiger partial charge in [0.1, 0.15) is 35.4 Å². The second kappa shape index (κ2) is 14.2. The van der Waals surface area contributed by atoms with Gasteiger partial charge in [-0.25, -0.2) is 19.4 Å². The number of carbonyl (C=O) groups is 5. The number of amides is 6. The fourth-order valence-electron chi connectivity index (χ4n) is 8.41. The number of carbonyl (C=O) groups excluding carboxylic acids is 5. The van der Waals surface area contributed by atoms with Crippen molar-refractivity contribution >= 4 is 46.5 Å². The summed E-state index contributed by atoms with van der Waals surface area (Å²) in [5, 5.41) is 7.95. The number of aromatic nitrogens is 4. The minimum atomic E-state index is -1.00. The van der Waals surface area contributed by atoms with Crippen molar-refractivity contribution in [2.75, 3.05) is 31.9 Å². The SMILES string of the molecule is Nc1ncnc2c1c(-c1ccc(Oc3ccccc3)cc1)nn2C1CCN(C(=O)N2CCC(c3ccc4c(c3)C(=O)N(C3CCC(=O)NC3=O)C4=O)CC2)CC1. The number of nitrogen functional groups attached to an aromatic ring is 1. The summed E-state index contributed by atoms with van der Waals surface area (Å²) in [5.74, 6) is -0.173. The first-order valence-corrected chi connectivity index (χ1v) is 18.9. The van der Waals surface area contributed by atoms with E-state index in [-0.39, 0.29) is 42.0 Å². The van der Waals surface area contributed by atoms with Crippen LogP contribution in [0.2, 0.25) is 0 Å². The number of imide groups is 2. The molecule has 0 bridgehead atoms. The maximum absolute atomic E-state index is 13.7. The van der Waals surface area contributed by atoms with Crippen molar-refractivity contribution in [3.8, 4) is 22.8 Å². The Balaban J connectivity index is 0.828. The van der Waals surface area contributed by atoms with Crippen LogP contribution in [0, 0.1) is 0 Å². The zero-order chi connectivity index (χ0) is 38.5. The van der Waals surface area contributed by atoms with Crippen molar-refractivity contribution in [1.29, 1.82) is 0 Å². The molecule has 2 aromatic heterocycles. The van der Waals surface area contributed by atoms with Crippen molar-refractivity contribution in [1.82, 2.24) is 39.8 Å². The van der Waals surface area contributed by atoms with E-state index in [9.17, 15) is 24.0 Å². The van der Waals surface area contributed by atoms with Gasteiger partial charge in [-0.1, -0.05) is 24.3 Å². The van der Waals surface area contributed by atoms with Crippen molar-refractivity contribution in [2.45, 2.75) is 56.5 Å². The van der Waals surface area contributed by atoms with Gasteiger partial charge in [-0.05, 0) is 92.1 Å². The molecule has 56 heavy (non-hydrogen) atoms. The highest BCUT2D eigenvalue weighted by molar-refractivity contribution is 6.23. The fraction of sp³-hybridized carbons (Fsp3) is 0.317. The maximum atomic E-state index is 13.7. The average molecular weight is 754 g/mol. The molecular formula is C41H39N9O6. The van der Waals surface area contributed by atoms with Gasteiger partial charge >= 0.3 is 6.03 Å². The molecule has 1 atom stereocenters. The molecular weight excluding hydrogens is 715 g/mol. The number of nitrogens with zero attached hydrogens (tertiary/aromatic N) is 7. The molecule has 1 unspecified atom stereocenters. The standard InChI is InChI=1S/C41H39N9O6/c42-36-34-35(25-6-9-29(10-7-25)56-28-4-2-1-3-5-28)46-50(37(34)44-23-43-36)27-16-20-48(21-17-27)41(55)47-18-14-24(15-19-47)26-8-11-30-31(22-26)40(54)49(39(30)53)32-12-13-33(51)45-38(32)52/h1-11,22-24,27,32H,12-21H2,(H2,42,43,44)(H,45,51,52). The van der Waals surface area contributed by atoms with Crippen LogP contribution in [0.25, 0.3) is 22.3 Å². The van der Waals surface area contributed by atoms with Crippen LogP contribution in [-0.2, 0) is 9.59 Å². The number of fused-ring (bicyclic) bond motifs is 2. The van der Waals surface area contributed by atoms with Crippen LogP contribution in [-0.4, -0.2) is 96.3 Å².